The van der Waals surface area contributed by atoms with Crippen LogP contribution < -0.4 is 5.43 Å². The van der Waals surface area contributed by atoms with Gasteiger partial charge in [-0.2, -0.15) is 0 Å². The molecule has 3 nitrogen and oxygen atoms in total. The van der Waals surface area contributed by atoms with E-state index in [0.717, 1.165) is 12.5 Å². The van der Waals surface area contributed by atoms with Crippen molar-refractivity contribution in [3.63, 3.8) is 0 Å². The summed E-state index contributed by atoms with van der Waals surface area (Å²) in [6.45, 7) is 4.39. The van der Waals surface area contributed by atoms with Crippen LogP contribution in [0.25, 0.3) is 0 Å². The first-order valence-electron chi connectivity index (χ1n) is 4.36. The van der Waals surface area contributed by atoms with Crippen LogP contribution in [-0.2, 0) is 4.74 Å². The lowest BCUT2D eigenvalue weighted by atomic mass is 9.86. The van der Waals surface area contributed by atoms with E-state index in [-0.39, 0.29) is 0 Å². The Labute approximate surface area is 73.5 Å². The van der Waals surface area contributed by atoms with Gasteiger partial charge in [-0.25, -0.2) is 0 Å². The fourth-order valence-electron chi connectivity index (χ4n) is 1.11. The largest absolute Gasteiger partial charge is 0.476 e. The van der Waals surface area contributed by atoms with Gasteiger partial charge in [0.05, 0.1) is 6.61 Å². The average Bonchev–Trinajstić information content (AvgIpc) is 2.00. The third-order valence-corrected chi connectivity index (χ3v) is 2.09. The highest BCUT2D eigenvalue weighted by molar-refractivity contribution is 5.86. The van der Waals surface area contributed by atoms with Crippen molar-refractivity contribution in [1.82, 2.24) is 5.43 Å². The molecule has 1 fully saturated rings. The van der Waals surface area contributed by atoms with Crippen molar-refractivity contribution in [2.24, 2.45) is 11.0 Å². The summed E-state index contributed by atoms with van der Waals surface area (Å²) in [6, 6.07) is 0. The van der Waals surface area contributed by atoms with Gasteiger partial charge in [0, 0.05) is 7.05 Å². The van der Waals surface area contributed by atoms with E-state index in [1.165, 1.54) is 19.3 Å². The van der Waals surface area contributed by atoms with E-state index < -0.39 is 0 Å². The third-order valence-electron chi connectivity index (χ3n) is 2.09. The Morgan fingerprint density at radius 2 is 2.50 bits per heavy atom. The molecule has 1 saturated carbocycles. The molecular formula is C9H16N2O. The maximum Gasteiger partial charge on any atom is 0.229 e. The van der Waals surface area contributed by atoms with Crippen LogP contribution in [0.2, 0.25) is 0 Å². The highest BCUT2D eigenvalue weighted by Crippen LogP contribution is 2.26. The highest BCUT2D eigenvalue weighted by Gasteiger charge is 2.17. The lowest BCUT2D eigenvalue weighted by Crippen LogP contribution is -2.20. The minimum absolute atomic E-state index is 0.587. The number of ether oxygens (including phenoxy) is 1. The molecule has 0 amide bonds. The molecule has 0 bridgehead atoms. The molecule has 0 aromatic carbocycles. The predicted octanol–water partition coefficient (Wildman–Crippen LogP) is 1.52. The van der Waals surface area contributed by atoms with Crippen LogP contribution in [0.3, 0.4) is 0 Å². The third kappa shape index (κ3) is 2.57. The fourth-order valence-corrected chi connectivity index (χ4v) is 1.11. The van der Waals surface area contributed by atoms with E-state index in [0.29, 0.717) is 5.90 Å². The normalized spacial score (nSPS) is 18.2. The predicted molar refractivity (Wildman–Crippen MR) is 50.0 cm³/mol. The zero-order chi connectivity index (χ0) is 8.81. The van der Waals surface area contributed by atoms with Gasteiger partial charge in [0.25, 0.3) is 0 Å². The molecule has 0 aromatic heterocycles. The van der Waals surface area contributed by atoms with Gasteiger partial charge in [0.2, 0.25) is 5.90 Å². The van der Waals surface area contributed by atoms with Gasteiger partial charge in [0.15, 0.2) is 0 Å². The molecule has 0 spiro atoms. The molecule has 1 N–H and O–H groups in total. The topological polar surface area (TPSA) is 33.6 Å². The SMILES string of the molecule is C=C/C(=N\NC)OCC1CCC1. The van der Waals surface area contributed by atoms with Crippen molar-refractivity contribution in [3.8, 4) is 0 Å². The maximum absolute atomic E-state index is 5.41. The summed E-state index contributed by atoms with van der Waals surface area (Å²) in [7, 11) is 1.75. The van der Waals surface area contributed by atoms with E-state index in [9.17, 15) is 0 Å². The maximum atomic E-state index is 5.41. The summed E-state index contributed by atoms with van der Waals surface area (Å²) < 4.78 is 5.41. The van der Waals surface area contributed by atoms with Gasteiger partial charge >= 0.3 is 0 Å². The van der Waals surface area contributed by atoms with E-state index in [1.807, 2.05) is 0 Å². The fraction of sp³-hybridized carbons (Fsp3) is 0.667. The molecule has 1 aliphatic carbocycles. The lowest BCUT2D eigenvalue weighted by Gasteiger charge is -2.24. The second-order valence-corrected chi connectivity index (χ2v) is 2.99. The van der Waals surface area contributed by atoms with Crippen molar-refractivity contribution in [2.75, 3.05) is 13.7 Å². The van der Waals surface area contributed by atoms with E-state index in [2.05, 4.69) is 17.1 Å². The number of nitrogens with zero attached hydrogens (tertiary/aromatic N) is 1. The first-order chi connectivity index (χ1) is 5.86. The molecule has 1 rings (SSSR count). The van der Waals surface area contributed by atoms with Crippen molar-refractivity contribution in [2.45, 2.75) is 19.3 Å². The zero-order valence-corrected chi connectivity index (χ0v) is 7.55. The molecule has 0 heterocycles. The highest BCUT2D eigenvalue weighted by atomic mass is 16.5. The van der Waals surface area contributed by atoms with E-state index >= 15 is 0 Å². The molecule has 68 valence electrons. The number of nitrogens with one attached hydrogen (secondary N) is 1. The van der Waals surface area contributed by atoms with Crippen LogP contribution in [-0.4, -0.2) is 19.6 Å². The number of hydrogen-bond acceptors (Lipinski definition) is 3. The quantitative estimate of drug-likeness (QED) is 0.392. The monoisotopic (exact) mass is 168 g/mol. The Hall–Kier alpha value is -0.990. The minimum atomic E-state index is 0.587. The zero-order valence-electron chi connectivity index (χ0n) is 7.55. The van der Waals surface area contributed by atoms with Crippen LogP contribution >= 0.6 is 0 Å². The van der Waals surface area contributed by atoms with Gasteiger partial charge < -0.3 is 10.2 Å². The standard InChI is InChI=1S/C9H16N2O/c1-3-9(11-10-2)12-7-8-5-4-6-8/h3,8,10H,1,4-7H2,2H3/b11-9+. The number of hydrazone groups is 1. The van der Waals surface area contributed by atoms with Crippen LogP contribution in [0.1, 0.15) is 19.3 Å². The van der Waals surface area contributed by atoms with Crippen LogP contribution in [0.4, 0.5) is 0 Å². The minimum Gasteiger partial charge on any atom is -0.476 e. The summed E-state index contributed by atoms with van der Waals surface area (Å²) in [5.41, 5.74) is 2.67. The van der Waals surface area contributed by atoms with Gasteiger partial charge in [-0.15, -0.1) is 5.10 Å². The van der Waals surface area contributed by atoms with Crippen molar-refractivity contribution in [1.29, 1.82) is 0 Å². The first kappa shape index (κ1) is 9.10. The van der Waals surface area contributed by atoms with Gasteiger partial charge in [-0.1, -0.05) is 13.0 Å². The molecule has 0 aromatic rings. The Morgan fingerprint density at radius 1 is 1.75 bits per heavy atom. The molecule has 0 atom stereocenters. The van der Waals surface area contributed by atoms with Gasteiger partial charge in [-0.05, 0) is 24.8 Å². The summed E-state index contributed by atoms with van der Waals surface area (Å²) >= 11 is 0. The second kappa shape index (κ2) is 4.80. The first-order valence-corrected chi connectivity index (χ1v) is 4.36. The van der Waals surface area contributed by atoms with Gasteiger partial charge in [0.1, 0.15) is 0 Å². The Bertz CT molecular complexity index is 173. The Kier molecular flexibility index (Phi) is 3.64. The molecular weight excluding hydrogens is 152 g/mol. The van der Waals surface area contributed by atoms with E-state index in [1.54, 1.807) is 13.1 Å². The summed E-state index contributed by atoms with van der Waals surface area (Å²) in [4.78, 5) is 0. The Morgan fingerprint density at radius 3 is 2.92 bits per heavy atom. The number of rotatable bonds is 4. The van der Waals surface area contributed by atoms with Crippen molar-refractivity contribution < 1.29 is 4.74 Å². The molecule has 0 saturated heterocycles. The average molecular weight is 168 g/mol. The van der Waals surface area contributed by atoms with Gasteiger partial charge in [-0.3, -0.25) is 0 Å². The molecule has 12 heavy (non-hydrogen) atoms. The Balaban J connectivity index is 2.17. The molecule has 0 aliphatic heterocycles. The summed E-state index contributed by atoms with van der Waals surface area (Å²) in [6.07, 6.45) is 5.56. The molecule has 0 radical (unpaired) electrons. The number of hydrogen-bond donors (Lipinski definition) is 1. The molecule has 0 unspecified atom stereocenters. The van der Waals surface area contributed by atoms with Crippen LogP contribution in [0.5, 0.6) is 0 Å². The smallest absolute Gasteiger partial charge is 0.229 e. The molecule has 1 aliphatic rings. The van der Waals surface area contributed by atoms with Crippen molar-refractivity contribution in [3.05, 3.63) is 12.7 Å². The lowest BCUT2D eigenvalue weighted by molar-refractivity contribution is 0.172. The van der Waals surface area contributed by atoms with Crippen molar-refractivity contribution >= 4 is 5.90 Å². The van der Waals surface area contributed by atoms with Crippen LogP contribution in [0, 0.1) is 5.92 Å². The summed E-state index contributed by atoms with van der Waals surface area (Å²) in [5.74, 6) is 1.33. The van der Waals surface area contributed by atoms with Crippen LogP contribution in [0.15, 0.2) is 17.8 Å². The summed E-state index contributed by atoms with van der Waals surface area (Å²) in [5, 5.41) is 3.90. The second-order valence-electron chi connectivity index (χ2n) is 2.99. The molecule has 3 heteroatoms. The van der Waals surface area contributed by atoms with E-state index in [4.69, 9.17) is 4.74 Å².